The number of aromatic nitrogens is 2. The van der Waals surface area contributed by atoms with E-state index in [-0.39, 0.29) is 5.56 Å². The van der Waals surface area contributed by atoms with Crippen LogP contribution in [0.15, 0.2) is 41.5 Å². The van der Waals surface area contributed by atoms with Gasteiger partial charge in [0.2, 0.25) is 0 Å². The predicted molar refractivity (Wildman–Crippen MR) is 61.0 cm³/mol. The summed E-state index contributed by atoms with van der Waals surface area (Å²) in [5, 5.41) is 0. The highest BCUT2D eigenvalue weighted by atomic mass is 16.5. The molecule has 4 nitrogen and oxygen atoms in total. The Morgan fingerprint density at radius 3 is 3.06 bits per heavy atom. The highest BCUT2D eigenvalue weighted by Crippen LogP contribution is 2.14. The van der Waals surface area contributed by atoms with Gasteiger partial charge < -0.3 is 9.72 Å². The maximum Gasteiger partial charge on any atom is 0.274 e. The van der Waals surface area contributed by atoms with E-state index in [4.69, 9.17) is 4.74 Å². The number of aromatic amines is 1. The van der Waals surface area contributed by atoms with Crippen molar-refractivity contribution in [2.24, 2.45) is 0 Å². The summed E-state index contributed by atoms with van der Waals surface area (Å²) in [6, 6.07) is 7.60. The summed E-state index contributed by atoms with van der Waals surface area (Å²) < 4.78 is 5.04. The first-order valence-corrected chi connectivity index (χ1v) is 4.93. The average Bonchev–Trinajstić information content (AvgIpc) is 2.30. The molecular formula is C12H12N2O2. The molecule has 0 atom stereocenters. The zero-order valence-electron chi connectivity index (χ0n) is 8.93. The maximum absolute atomic E-state index is 11.5. The van der Waals surface area contributed by atoms with E-state index in [2.05, 4.69) is 9.97 Å². The zero-order chi connectivity index (χ0) is 11.4. The molecule has 0 saturated heterocycles. The molecule has 0 aliphatic heterocycles. The van der Waals surface area contributed by atoms with Crippen LogP contribution in [-0.4, -0.2) is 17.1 Å². The molecule has 0 aliphatic carbocycles. The molecule has 0 fully saturated rings. The fraction of sp³-hybridized carbons (Fsp3) is 0.167. The summed E-state index contributed by atoms with van der Waals surface area (Å²) in [4.78, 5) is 18.2. The molecule has 1 aromatic carbocycles. The van der Waals surface area contributed by atoms with E-state index in [1.54, 1.807) is 13.3 Å². The largest absolute Gasteiger partial charge is 0.380 e. The molecule has 0 bridgehead atoms. The van der Waals surface area contributed by atoms with E-state index >= 15 is 0 Å². The lowest BCUT2D eigenvalue weighted by molar-refractivity contribution is 0.185. The lowest BCUT2D eigenvalue weighted by atomic mass is 10.1. The van der Waals surface area contributed by atoms with Gasteiger partial charge in [0.05, 0.1) is 6.61 Å². The van der Waals surface area contributed by atoms with Gasteiger partial charge in [-0.3, -0.25) is 4.79 Å². The van der Waals surface area contributed by atoms with E-state index in [0.29, 0.717) is 12.3 Å². The summed E-state index contributed by atoms with van der Waals surface area (Å²) in [5.41, 5.74) is 2.07. The number of hydrogen-bond acceptors (Lipinski definition) is 3. The number of benzene rings is 1. The molecule has 0 radical (unpaired) electrons. The Kier molecular flexibility index (Phi) is 3.12. The van der Waals surface area contributed by atoms with Crippen molar-refractivity contribution in [2.75, 3.05) is 7.11 Å². The van der Waals surface area contributed by atoms with Gasteiger partial charge in [-0.2, -0.15) is 0 Å². The maximum atomic E-state index is 11.5. The number of H-pyrrole nitrogens is 1. The van der Waals surface area contributed by atoms with Crippen LogP contribution >= 0.6 is 0 Å². The van der Waals surface area contributed by atoms with Crippen LogP contribution in [0.3, 0.4) is 0 Å². The Morgan fingerprint density at radius 1 is 1.44 bits per heavy atom. The molecule has 0 amide bonds. The molecule has 1 aromatic heterocycles. The first-order chi connectivity index (χ1) is 7.81. The van der Waals surface area contributed by atoms with E-state index < -0.39 is 0 Å². The quantitative estimate of drug-likeness (QED) is 0.847. The molecule has 0 saturated carbocycles. The molecule has 2 rings (SSSR count). The summed E-state index contributed by atoms with van der Waals surface area (Å²) in [6.45, 7) is 0.526. The molecule has 82 valence electrons. The van der Waals surface area contributed by atoms with Crippen molar-refractivity contribution >= 4 is 0 Å². The van der Waals surface area contributed by atoms with Crippen LogP contribution in [0.25, 0.3) is 11.3 Å². The number of ether oxygens (including phenoxy) is 1. The smallest absolute Gasteiger partial charge is 0.274 e. The lowest BCUT2D eigenvalue weighted by Crippen LogP contribution is -2.09. The summed E-state index contributed by atoms with van der Waals surface area (Å²) in [6.07, 6.45) is 3.09. The topological polar surface area (TPSA) is 55.0 Å². The molecule has 1 heterocycles. The predicted octanol–water partition coefficient (Wildman–Crippen LogP) is 1.58. The lowest BCUT2D eigenvalue weighted by Gasteiger charge is -2.03. The second-order valence-corrected chi connectivity index (χ2v) is 3.40. The first-order valence-electron chi connectivity index (χ1n) is 4.93. The van der Waals surface area contributed by atoms with E-state index in [9.17, 15) is 4.79 Å². The third-order valence-electron chi connectivity index (χ3n) is 2.22. The summed E-state index contributed by atoms with van der Waals surface area (Å²) in [7, 11) is 1.64. The van der Waals surface area contributed by atoms with Crippen LogP contribution in [0, 0.1) is 0 Å². The van der Waals surface area contributed by atoms with E-state index in [1.807, 2.05) is 24.3 Å². The number of nitrogens with one attached hydrogen (secondary N) is 1. The van der Waals surface area contributed by atoms with Crippen LogP contribution in [0.2, 0.25) is 0 Å². The van der Waals surface area contributed by atoms with Crippen LogP contribution in [0.4, 0.5) is 0 Å². The SMILES string of the molecule is COCc1cccc(-c2ncc[nH]c2=O)c1. The minimum absolute atomic E-state index is 0.183. The van der Waals surface area contributed by atoms with Gasteiger partial charge in [-0.05, 0) is 11.6 Å². The highest BCUT2D eigenvalue weighted by Gasteiger charge is 2.04. The molecule has 4 heteroatoms. The monoisotopic (exact) mass is 216 g/mol. The fourth-order valence-corrected chi connectivity index (χ4v) is 1.53. The molecular weight excluding hydrogens is 204 g/mol. The van der Waals surface area contributed by atoms with Gasteiger partial charge in [0.25, 0.3) is 5.56 Å². The van der Waals surface area contributed by atoms with Crippen molar-refractivity contribution < 1.29 is 4.74 Å². The van der Waals surface area contributed by atoms with Crippen LogP contribution in [-0.2, 0) is 11.3 Å². The number of rotatable bonds is 3. The van der Waals surface area contributed by atoms with Crippen molar-refractivity contribution in [3.63, 3.8) is 0 Å². The minimum atomic E-state index is -0.183. The van der Waals surface area contributed by atoms with Crippen LogP contribution in [0.1, 0.15) is 5.56 Å². The van der Waals surface area contributed by atoms with Crippen molar-refractivity contribution in [1.29, 1.82) is 0 Å². The van der Waals surface area contributed by atoms with Crippen LogP contribution in [0.5, 0.6) is 0 Å². The molecule has 0 unspecified atom stereocenters. The Morgan fingerprint density at radius 2 is 2.31 bits per heavy atom. The Labute approximate surface area is 92.9 Å². The van der Waals surface area contributed by atoms with Crippen molar-refractivity contribution in [3.05, 3.63) is 52.6 Å². The van der Waals surface area contributed by atoms with E-state index in [0.717, 1.165) is 11.1 Å². The third kappa shape index (κ3) is 2.17. The van der Waals surface area contributed by atoms with Gasteiger partial charge in [-0.15, -0.1) is 0 Å². The normalized spacial score (nSPS) is 10.3. The Bertz CT molecular complexity index is 534. The van der Waals surface area contributed by atoms with E-state index in [1.165, 1.54) is 6.20 Å². The molecule has 1 N–H and O–H groups in total. The van der Waals surface area contributed by atoms with Crippen molar-refractivity contribution in [2.45, 2.75) is 6.61 Å². The third-order valence-corrected chi connectivity index (χ3v) is 2.22. The van der Waals surface area contributed by atoms with Gasteiger partial charge in [-0.1, -0.05) is 18.2 Å². The minimum Gasteiger partial charge on any atom is -0.380 e. The van der Waals surface area contributed by atoms with Crippen molar-refractivity contribution in [1.82, 2.24) is 9.97 Å². The van der Waals surface area contributed by atoms with Gasteiger partial charge in [-0.25, -0.2) is 4.98 Å². The number of nitrogens with zero attached hydrogens (tertiary/aromatic N) is 1. The standard InChI is InChI=1S/C12H12N2O2/c1-16-8-9-3-2-4-10(7-9)11-12(15)14-6-5-13-11/h2-7H,8H2,1H3,(H,14,15). The van der Waals surface area contributed by atoms with Gasteiger partial charge in [0.1, 0.15) is 5.69 Å². The number of methoxy groups -OCH3 is 1. The number of hydrogen-bond donors (Lipinski definition) is 1. The fourth-order valence-electron chi connectivity index (χ4n) is 1.53. The van der Waals surface area contributed by atoms with Gasteiger partial charge in [0.15, 0.2) is 0 Å². The summed E-state index contributed by atoms with van der Waals surface area (Å²) in [5.74, 6) is 0. The highest BCUT2D eigenvalue weighted by molar-refractivity contribution is 5.58. The molecule has 0 aliphatic rings. The first kappa shape index (κ1) is 10.6. The summed E-state index contributed by atoms with van der Waals surface area (Å²) >= 11 is 0. The average molecular weight is 216 g/mol. The van der Waals surface area contributed by atoms with Crippen LogP contribution < -0.4 is 5.56 Å². The Balaban J connectivity index is 2.45. The molecule has 2 aromatic rings. The van der Waals surface area contributed by atoms with Gasteiger partial charge in [0, 0.05) is 25.1 Å². The Hall–Kier alpha value is -1.94. The second kappa shape index (κ2) is 4.72. The van der Waals surface area contributed by atoms with Gasteiger partial charge >= 0.3 is 0 Å². The second-order valence-electron chi connectivity index (χ2n) is 3.40. The van der Waals surface area contributed by atoms with Crippen molar-refractivity contribution in [3.8, 4) is 11.3 Å². The molecule has 0 spiro atoms. The zero-order valence-corrected chi connectivity index (χ0v) is 8.93. The molecule has 16 heavy (non-hydrogen) atoms.